The molecule has 1 fully saturated rings. The number of hydrogen-bond donors (Lipinski definition) is 2. The fourth-order valence-corrected chi connectivity index (χ4v) is 3.08. The molecule has 6 nitrogen and oxygen atoms in total. The van der Waals surface area contributed by atoms with Crippen molar-refractivity contribution in [3.8, 4) is 11.5 Å². The molecule has 2 aromatic rings. The Morgan fingerprint density at radius 2 is 1.91 bits per heavy atom. The van der Waals surface area contributed by atoms with Gasteiger partial charge in [0, 0.05) is 36.4 Å². The van der Waals surface area contributed by atoms with E-state index in [0.29, 0.717) is 22.8 Å². The molecule has 1 aliphatic heterocycles. The van der Waals surface area contributed by atoms with E-state index in [1.165, 1.54) is 12.3 Å². The van der Waals surface area contributed by atoms with Crippen molar-refractivity contribution in [3.63, 3.8) is 0 Å². The van der Waals surface area contributed by atoms with Crippen LogP contribution in [0.1, 0.15) is 36.0 Å². The van der Waals surface area contributed by atoms with Crippen LogP contribution in [0.4, 0.5) is 11.5 Å². The van der Waals surface area contributed by atoms with Crippen LogP contribution in [-0.4, -0.2) is 16.7 Å². The summed E-state index contributed by atoms with van der Waals surface area (Å²) in [6.45, 7) is 0. The van der Waals surface area contributed by atoms with Gasteiger partial charge in [-0.05, 0) is 37.1 Å². The first-order valence-electron chi connectivity index (χ1n) is 7.69. The van der Waals surface area contributed by atoms with E-state index < -0.39 is 5.79 Å². The number of nitrogens with zero attached hydrogens (tertiary/aromatic N) is 1. The summed E-state index contributed by atoms with van der Waals surface area (Å²) in [6, 6.07) is 8.59. The third-order valence-corrected chi connectivity index (χ3v) is 4.20. The number of carbonyl (C=O) groups is 1. The smallest absolute Gasteiger partial charge is 0.255 e. The largest absolute Gasteiger partial charge is 0.448 e. The highest BCUT2D eigenvalue weighted by Gasteiger charge is 2.44. The predicted molar refractivity (Wildman–Crippen MR) is 85.5 cm³/mol. The lowest BCUT2D eigenvalue weighted by atomic mass is 10.2. The molecule has 1 amide bonds. The maximum atomic E-state index is 12.2. The Balaban J connectivity index is 1.52. The Hall–Kier alpha value is -2.76. The molecule has 1 spiro atoms. The minimum atomic E-state index is -0.496. The number of fused-ring (bicyclic) bond motifs is 1. The van der Waals surface area contributed by atoms with Crippen LogP contribution in [0.5, 0.6) is 11.5 Å². The number of hydrogen-bond acceptors (Lipinski definition) is 5. The van der Waals surface area contributed by atoms with Crippen molar-refractivity contribution in [1.82, 2.24) is 4.98 Å². The summed E-state index contributed by atoms with van der Waals surface area (Å²) in [5.74, 6) is 0.988. The van der Waals surface area contributed by atoms with E-state index in [-0.39, 0.29) is 5.91 Å². The van der Waals surface area contributed by atoms with Crippen LogP contribution in [0, 0.1) is 0 Å². The summed E-state index contributed by atoms with van der Waals surface area (Å²) < 4.78 is 12.0. The number of ether oxygens (including phenoxy) is 2. The summed E-state index contributed by atoms with van der Waals surface area (Å²) >= 11 is 0. The van der Waals surface area contributed by atoms with E-state index in [2.05, 4.69) is 10.3 Å². The van der Waals surface area contributed by atoms with Crippen LogP contribution in [0.25, 0.3) is 0 Å². The average molecular weight is 311 g/mol. The lowest BCUT2D eigenvalue weighted by molar-refractivity contribution is -0.0716. The third kappa shape index (κ3) is 2.56. The second-order valence-corrected chi connectivity index (χ2v) is 5.91. The third-order valence-electron chi connectivity index (χ3n) is 4.20. The summed E-state index contributed by atoms with van der Waals surface area (Å²) in [5.41, 5.74) is 6.72. The quantitative estimate of drug-likeness (QED) is 0.890. The Morgan fingerprint density at radius 1 is 1.13 bits per heavy atom. The number of nitrogens with one attached hydrogen (secondary N) is 1. The number of nitrogen functional groups attached to an aromatic ring is 1. The van der Waals surface area contributed by atoms with Crippen molar-refractivity contribution in [1.29, 1.82) is 0 Å². The number of anilines is 2. The van der Waals surface area contributed by atoms with Gasteiger partial charge in [-0.15, -0.1) is 0 Å². The summed E-state index contributed by atoms with van der Waals surface area (Å²) in [6.07, 6.45) is 5.54. The molecule has 1 saturated carbocycles. The van der Waals surface area contributed by atoms with Gasteiger partial charge in [0.2, 0.25) is 0 Å². The fraction of sp³-hybridized carbons (Fsp3) is 0.294. The first kappa shape index (κ1) is 13.9. The van der Waals surface area contributed by atoms with Crippen molar-refractivity contribution in [3.05, 3.63) is 42.1 Å². The van der Waals surface area contributed by atoms with E-state index >= 15 is 0 Å². The minimum absolute atomic E-state index is 0.242. The van der Waals surface area contributed by atoms with E-state index in [4.69, 9.17) is 15.2 Å². The molecule has 23 heavy (non-hydrogen) atoms. The number of carbonyl (C=O) groups excluding carboxylic acids is 1. The Labute approximate surface area is 133 Å². The molecule has 2 heterocycles. The Kier molecular flexibility index (Phi) is 3.11. The van der Waals surface area contributed by atoms with Gasteiger partial charge in [0.25, 0.3) is 11.7 Å². The molecule has 1 aliphatic carbocycles. The van der Waals surface area contributed by atoms with Crippen molar-refractivity contribution in [2.75, 3.05) is 11.1 Å². The molecule has 0 radical (unpaired) electrons. The van der Waals surface area contributed by atoms with Gasteiger partial charge < -0.3 is 20.5 Å². The van der Waals surface area contributed by atoms with Gasteiger partial charge in [-0.2, -0.15) is 0 Å². The standard InChI is InChI=1S/C17H17N3O3/c18-15-9-11(5-8-19-15)16(21)20-12-3-4-13-14(10-12)23-17(22-13)6-1-2-7-17/h3-5,8-10H,1-2,6-7H2,(H2,18,19)(H,20,21). The molecular weight excluding hydrogens is 294 g/mol. The van der Waals surface area contributed by atoms with Gasteiger partial charge in [-0.25, -0.2) is 4.98 Å². The molecule has 3 N–H and O–H groups in total. The van der Waals surface area contributed by atoms with Crippen molar-refractivity contribution in [2.24, 2.45) is 0 Å². The molecule has 0 saturated heterocycles. The molecule has 118 valence electrons. The van der Waals surface area contributed by atoms with E-state index in [1.54, 1.807) is 18.2 Å². The Morgan fingerprint density at radius 3 is 2.70 bits per heavy atom. The normalized spacial score (nSPS) is 17.4. The van der Waals surface area contributed by atoms with E-state index in [9.17, 15) is 4.79 Å². The van der Waals surface area contributed by atoms with Gasteiger partial charge in [-0.1, -0.05) is 0 Å². The van der Waals surface area contributed by atoms with Gasteiger partial charge >= 0.3 is 0 Å². The maximum absolute atomic E-state index is 12.2. The first-order chi connectivity index (χ1) is 11.1. The highest BCUT2D eigenvalue weighted by molar-refractivity contribution is 6.04. The number of rotatable bonds is 2. The van der Waals surface area contributed by atoms with Gasteiger partial charge in [-0.3, -0.25) is 4.79 Å². The Bertz CT molecular complexity index is 769. The van der Waals surface area contributed by atoms with Crippen LogP contribution < -0.4 is 20.5 Å². The average Bonchev–Trinajstić information content (AvgIpc) is 3.13. The topological polar surface area (TPSA) is 86.5 Å². The summed E-state index contributed by atoms with van der Waals surface area (Å²) in [7, 11) is 0. The maximum Gasteiger partial charge on any atom is 0.255 e. The number of aromatic nitrogens is 1. The van der Waals surface area contributed by atoms with E-state index in [0.717, 1.165) is 31.4 Å². The number of benzene rings is 1. The molecule has 2 aliphatic rings. The van der Waals surface area contributed by atoms with Gasteiger partial charge in [0.1, 0.15) is 5.82 Å². The molecule has 1 aromatic carbocycles. The van der Waals surface area contributed by atoms with Crippen LogP contribution >= 0.6 is 0 Å². The highest BCUT2D eigenvalue weighted by Crippen LogP contribution is 2.47. The number of amides is 1. The number of pyridine rings is 1. The zero-order valence-corrected chi connectivity index (χ0v) is 12.5. The molecule has 4 rings (SSSR count). The van der Waals surface area contributed by atoms with E-state index in [1.807, 2.05) is 6.07 Å². The molecule has 0 bridgehead atoms. The lowest BCUT2D eigenvalue weighted by Gasteiger charge is -2.21. The minimum Gasteiger partial charge on any atom is -0.448 e. The molecule has 0 atom stereocenters. The highest BCUT2D eigenvalue weighted by atomic mass is 16.7. The zero-order chi connectivity index (χ0) is 15.9. The predicted octanol–water partition coefficient (Wildman–Crippen LogP) is 2.96. The second-order valence-electron chi connectivity index (χ2n) is 5.91. The van der Waals surface area contributed by atoms with Gasteiger partial charge in [0.05, 0.1) is 0 Å². The van der Waals surface area contributed by atoms with Crippen molar-refractivity contribution in [2.45, 2.75) is 31.5 Å². The van der Waals surface area contributed by atoms with Crippen LogP contribution in [0.15, 0.2) is 36.5 Å². The SMILES string of the molecule is Nc1cc(C(=O)Nc2ccc3c(c2)OC2(CCCC2)O3)ccn1. The first-order valence-corrected chi connectivity index (χ1v) is 7.69. The zero-order valence-electron chi connectivity index (χ0n) is 12.5. The van der Waals surface area contributed by atoms with Gasteiger partial charge in [0.15, 0.2) is 11.5 Å². The number of nitrogens with two attached hydrogens (primary N) is 1. The molecule has 0 unspecified atom stereocenters. The van der Waals surface area contributed by atoms with Crippen molar-refractivity contribution < 1.29 is 14.3 Å². The summed E-state index contributed by atoms with van der Waals surface area (Å²) in [4.78, 5) is 16.1. The van der Waals surface area contributed by atoms with Crippen LogP contribution in [0.3, 0.4) is 0 Å². The molecular formula is C17H17N3O3. The lowest BCUT2D eigenvalue weighted by Crippen LogP contribution is -2.34. The monoisotopic (exact) mass is 311 g/mol. The molecule has 6 heteroatoms. The second kappa shape index (κ2) is 5.15. The summed E-state index contributed by atoms with van der Waals surface area (Å²) in [5, 5.41) is 2.84. The van der Waals surface area contributed by atoms with Crippen LogP contribution in [0.2, 0.25) is 0 Å². The van der Waals surface area contributed by atoms with Crippen molar-refractivity contribution >= 4 is 17.4 Å². The fourth-order valence-electron chi connectivity index (χ4n) is 3.08. The van der Waals surface area contributed by atoms with Crippen LogP contribution in [-0.2, 0) is 0 Å². The molecule has 1 aromatic heterocycles.